The highest BCUT2D eigenvalue weighted by Gasteiger charge is 2.34. The van der Waals surface area contributed by atoms with Crippen LogP contribution in [0.1, 0.15) is 78.2 Å². The molecule has 4 heterocycles. The number of fused-ring (bicyclic) bond motifs is 2. The van der Waals surface area contributed by atoms with Crippen LogP contribution >= 0.6 is 46.4 Å². The molecule has 0 spiro atoms. The second-order valence-corrected chi connectivity index (χ2v) is 19.4. The maximum atomic E-state index is 13.1. The average molecular weight is 1020 g/mol. The van der Waals surface area contributed by atoms with Gasteiger partial charge in [0, 0.05) is 33.9 Å². The number of nitrogens with zero attached hydrogens (tertiary/aromatic N) is 3. The monoisotopic (exact) mass is 1020 g/mol. The van der Waals surface area contributed by atoms with Crippen molar-refractivity contribution < 1.29 is 48.1 Å². The summed E-state index contributed by atoms with van der Waals surface area (Å²) in [4.78, 5) is 43.0. The molecule has 4 atom stereocenters. The third kappa shape index (κ3) is 12.0. The number of amides is 2. The fourth-order valence-electron chi connectivity index (χ4n) is 7.97. The number of rotatable bonds is 18. The first-order chi connectivity index (χ1) is 33.3. The summed E-state index contributed by atoms with van der Waals surface area (Å²) in [5, 5.41) is 43.7. The van der Waals surface area contributed by atoms with Crippen molar-refractivity contribution in [3.8, 4) is 11.5 Å². The third-order valence-electron chi connectivity index (χ3n) is 12.4. The number of halogens is 4. The van der Waals surface area contributed by atoms with E-state index >= 15 is 0 Å². The Morgan fingerprint density at radius 1 is 0.623 bits per heavy atom. The van der Waals surface area contributed by atoms with E-state index < -0.39 is 41.9 Å². The highest BCUT2D eigenvalue weighted by molar-refractivity contribution is 6.45. The van der Waals surface area contributed by atoms with E-state index in [4.69, 9.17) is 64.7 Å². The lowest BCUT2D eigenvalue weighted by Gasteiger charge is -2.36. The van der Waals surface area contributed by atoms with Crippen LogP contribution in [0.15, 0.2) is 98.9 Å². The number of hydrogen-bond donors (Lipinski definition) is 5. The van der Waals surface area contributed by atoms with Crippen LogP contribution in [0, 0.1) is 0 Å². The Hall–Kier alpha value is -5.36. The first-order valence-electron chi connectivity index (χ1n) is 22.8. The minimum Gasteiger partial charge on any atom is -0.489 e. The first-order valence-corrected chi connectivity index (χ1v) is 24.3. The van der Waals surface area contributed by atoms with Crippen LogP contribution in [-0.2, 0) is 9.59 Å². The van der Waals surface area contributed by atoms with E-state index in [0.29, 0.717) is 77.7 Å². The fourth-order valence-corrected chi connectivity index (χ4v) is 8.80. The summed E-state index contributed by atoms with van der Waals surface area (Å²) in [6.07, 6.45) is 4.43. The van der Waals surface area contributed by atoms with Crippen molar-refractivity contribution in [3.63, 3.8) is 0 Å². The van der Waals surface area contributed by atoms with E-state index in [0.717, 1.165) is 64.7 Å². The maximum absolute atomic E-state index is 13.1. The molecule has 362 valence electrons. The van der Waals surface area contributed by atoms with Gasteiger partial charge in [-0.25, -0.2) is 0 Å². The lowest BCUT2D eigenvalue weighted by Crippen LogP contribution is -2.52. The fraction of sp³-hybridized carbons (Fsp3) is 0.360. The number of aliphatic hydroxyl groups is 2. The topological polar surface area (TPSA) is 200 Å². The predicted octanol–water partition coefficient (Wildman–Crippen LogP) is 8.77. The van der Waals surface area contributed by atoms with Gasteiger partial charge in [0.05, 0.1) is 34.3 Å². The van der Waals surface area contributed by atoms with Gasteiger partial charge in [0.2, 0.25) is 5.71 Å². The van der Waals surface area contributed by atoms with E-state index in [1.807, 2.05) is 0 Å². The SMILES string of the molecule is O=C(N[C@H](CN1CCC1)[C@H](O)c1ccc(OC2CC2)c(Cl)c1)/C(=N/O)c1cc2cc(Cl)ccc2o1.O=C(N[C@H](CN1CCC1)[C@H](O)c1ccc(OC2CC2)c(Cl)c1)C(=O)c1cc2cc(Cl)ccc2o1. The molecule has 69 heavy (non-hydrogen) atoms. The summed E-state index contributed by atoms with van der Waals surface area (Å²) in [5.74, 6) is -1.20. The van der Waals surface area contributed by atoms with E-state index in [-0.39, 0.29) is 29.4 Å². The summed E-state index contributed by atoms with van der Waals surface area (Å²) in [6, 6.07) is 21.9. The van der Waals surface area contributed by atoms with Crippen molar-refractivity contribution in [1.29, 1.82) is 0 Å². The van der Waals surface area contributed by atoms with Gasteiger partial charge in [0.1, 0.15) is 34.9 Å². The molecule has 2 saturated carbocycles. The number of hydrogen-bond acceptors (Lipinski definition) is 13. The van der Waals surface area contributed by atoms with Gasteiger partial charge in [-0.15, -0.1) is 0 Å². The van der Waals surface area contributed by atoms with Gasteiger partial charge < -0.3 is 54.2 Å². The number of carbonyl (C=O) groups is 3. The van der Waals surface area contributed by atoms with Crippen LogP contribution in [0.25, 0.3) is 21.9 Å². The normalized spacial score (nSPS) is 18.0. The van der Waals surface area contributed by atoms with Crippen LogP contribution in [0.5, 0.6) is 11.5 Å². The van der Waals surface area contributed by atoms with Crippen LogP contribution in [0.2, 0.25) is 20.1 Å². The molecule has 2 aliphatic heterocycles. The Morgan fingerprint density at radius 3 is 1.49 bits per heavy atom. The minimum atomic E-state index is -1.07. The number of ketones is 1. The zero-order chi connectivity index (χ0) is 48.3. The van der Waals surface area contributed by atoms with Gasteiger partial charge in [-0.05, 0) is 149 Å². The molecule has 19 heteroatoms. The van der Waals surface area contributed by atoms with Crippen LogP contribution in [0.4, 0.5) is 0 Å². The molecule has 4 fully saturated rings. The highest BCUT2D eigenvalue weighted by Crippen LogP contribution is 2.36. The minimum absolute atomic E-state index is 0.0865. The lowest BCUT2D eigenvalue weighted by atomic mass is 10.00. The van der Waals surface area contributed by atoms with Crippen molar-refractivity contribution >= 4 is 91.7 Å². The lowest BCUT2D eigenvalue weighted by molar-refractivity contribution is -0.119. The number of oxime groups is 1. The molecule has 2 saturated heterocycles. The number of carbonyl (C=O) groups excluding carboxylic acids is 3. The quantitative estimate of drug-likeness (QED) is 0.0181. The van der Waals surface area contributed by atoms with Crippen molar-refractivity contribution in [1.82, 2.24) is 20.4 Å². The van der Waals surface area contributed by atoms with Gasteiger partial charge >= 0.3 is 0 Å². The molecule has 10 rings (SSSR count). The van der Waals surface area contributed by atoms with Crippen LogP contribution in [-0.4, -0.2) is 112 Å². The standard InChI is InChI=1S/C25H25Cl2N3O5.C25H24Cl2N2O5/c26-16-3-7-20-15(10-16)12-22(35-20)23(29-33)25(32)28-19(13-30-8-1-9-30)24(31)14-2-6-21(18(27)11-14)34-17-4-5-17;26-16-3-7-20-15(10-16)12-22(34-20)24(31)25(32)28-19(13-29-8-1-9-29)23(30)14-2-6-21(18(27)11-14)33-17-4-5-17/h2-3,6-7,10-12,17,19,24,31,33H,1,4-5,8-9,13H2,(H,28,32);2-3,6-7,10-12,17,19,23,30H,1,4-5,8-9,13H2,(H,28,32)/b29-23+;/t19-,24-;19-,23-/m11/s1. The number of Topliss-reactive ketones (excluding diaryl/α,β-unsaturated/α-hetero) is 1. The van der Waals surface area contributed by atoms with Gasteiger partial charge in [-0.3, -0.25) is 14.4 Å². The van der Waals surface area contributed by atoms with E-state index in [1.54, 1.807) is 78.9 Å². The Bertz CT molecular complexity index is 2890. The summed E-state index contributed by atoms with van der Waals surface area (Å²) in [7, 11) is 0. The molecule has 2 aromatic heterocycles. The number of benzene rings is 4. The van der Waals surface area contributed by atoms with Crippen molar-refractivity contribution in [2.24, 2.45) is 5.16 Å². The molecule has 2 aliphatic carbocycles. The van der Waals surface area contributed by atoms with E-state index in [2.05, 4.69) is 25.6 Å². The smallest absolute Gasteiger partial charge is 0.296 e. The summed E-state index contributed by atoms with van der Waals surface area (Å²) < 4.78 is 22.8. The van der Waals surface area contributed by atoms with Gasteiger partial charge in [-0.2, -0.15) is 0 Å². The Kier molecular flexibility index (Phi) is 15.0. The first kappa shape index (κ1) is 48.7. The second kappa shape index (κ2) is 21.3. The molecule has 4 aromatic carbocycles. The summed E-state index contributed by atoms with van der Waals surface area (Å²) in [6.45, 7) is 4.30. The third-order valence-corrected chi connectivity index (χ3v) is 13.4. The Balaban J connectivity index is 0.000000172. The van der Waals surface area contributed by atoms with Gasteiger partial charge in [-0.1, -0.05) is 63.7 Å². The molecular weight excluding hydrogens is 972 g/mol. The van der Waals surface area contributed by atoms with Crippen molar-refractivity contribution in [2.45, 2.75) is 75.0 Å². The molecule has 0 unspecified atom stereocenters. The molecule has 0 bridgehead atoms. The Morgan fingerprint density at radius 2 is 1.07 bits per heavy atom. The largest absolute Gasteiger partial charge is 0.489 e. The van der Waals surface area contributed by atoms with Gasteiger partial charge in [0.25, 0.3) is 17.6 Å². The van der Waals surface area contributed by atoms with E-state index in [1.165, 1.54) is 6.07 Å². The molecule has 5 N–H and O–H groups in total. The number of ether oxygens (including phenoxy) is 2. The molecule has 2 amide bonds. The zero-order valence-electron chi connectivity index (χ0n) is 37.1. The molecule has 4 aliphatic rings. The number of furan rings is 2. The molecule has 15 nitrogen and oxygen atoms in total. The summed E-state index contributed by atoms with van der Waals surface area (Å²) >= 11 is 24.8. The zero-order valence-corrected chi connectivity index (χ0v) is 40.1. The highest BCUT2D eigenvalue weighted by atomic mass is 35.5. The predicted molar refractivity (Wildman–Crippen MR) is 261 cm³/mol. The van der Waals surface area contributed by atoms with Crippen LogP contribution in [0.3, 0.4) is 0 Å². The van der Waals surface area contributed by atoms with Crippen LogP contribution < -0.4 is 20.1 Å². The second-order valence-electron chi connectivity index (χ2n) is 17.7. The van der Waals surface area contributed by atoms with Crippen molar-refractivity contribution in [2.75, 3.05) is 39.3 Å². The van der Waals surface area contributed by atoms with E-state index in [9.17, 15) is 29.8 Å². The number of likely N-dealkylation sites (tertiary alicyclic amines) is 2. The molecular formula is C50H49Cl4N5O10. The average Bonchev–Trinajstić information content (AvgIpc) is 4.23. The van der Waals surface area contributed by atoms with Crippen molar-refractivity contribution in [3.05, 3.63) is 128 Å². The summed E-state index contributed by atoms with van der Waals surface area (Å²) in [5.41, 5.74) is 1.73. The maximum Gasteiger partial charge on any atom is 0.296 e. The number of nitrogens with one attached hydrogen (secondary N) is 2. The Labute approximate surface area is 416 Å². The van der Waals surface area contributed by atoms with Gasteiger partial charge in [0.15, 0.2) is 11.5 Å². The number of aliphatic hydroxyl groups excluding tert-OH is 2. The molecule has 0 radical (unpaired) electrons. The molecule has 6 aromatic rings.